The molecule has 0 saturated carbocycles. The van der Waals surface area contributed by atoms with E-state index in [1.807, 2.05) is 39.0 Å². The summed E-state index contributed by atoms with van der Waals surface area (Å²) in [5.74, 6) is 0.885. The van der Waals surface area contributed by atoms with Crippen molar-refractivity contribution in [3.8, 4) is 0 Å². The lowest BCUT2D eigenvalue weighted by Crippen LogP contribution is -2.38. The summed E-state index contributed by atoms with van der Waals surface area (Å²) in [5, 5.41) is 3.39. The summed E-state index contributed by atoms with van der Waals surface area (Å²) in [6.45, 7) is 1.57. The van der Waals surface area contributed by atoms with Crippen molar-refractivity contribution in [1.82, 2.24) is 19.4 Å². The molecule has 0 unspecified atom stereocenters. The standard InChI is InChI=1S/C15H22BrN5.HI/c1-17-15(18-8-12-5-6-19(2)9-12)21(4)11-14-7-13(16)10-20(14)3;/h5-7,9-10H,8,11H2,1-4H3,(H,17,18);1H. The van der Waals surface area contributed by atoms with Crippen LogP contribution in [0.2, 0.25) is 0 Å². The van der Waals surface area contributed by atoms with Gasteiger partial charge in [0.2, 0.25) is 0 Å². The van der Waals surface area contributed by atoms with Crippen molar-refractivity contribution in [3.63, 3.8) is 0 Å². The Hall–Kier alpha value is -0.960. The molecule has 0 fully saturated rings. The Morgan fingerprint density at radius 2 is 2.09 bits per heavy atom. The van der Waals surface area contributed by atoms with Crippen molar-refractivity contribution in [3.05, 3.63) is 46.5 Å². The number of nitrogens with zero attached hydrogens (tertiary/aromatic N) is 4. The van der Waals surface area contributed by atoms with E-state index in [2.05, 4.69) is 60.2 Å². The molecule has 22 heavy (non-hydrogen) atoms. The summed E-state index contributed by atoms with van der Waals surface area (Å²) in [7, 11) is 7.93. The first-order chi connectivity index (χ1) is 9.99. The summed E-state index contributed by atoms with van der Waals surface area (Å²) in [6, 6.07) is 4.23. The third-order valence-electron chi connectivity index (χ3n) is 3.39. The van der Waals surface area contributed by atoms with Crippen molar-refractivity contribution in [2.75, 3.05) is 14.1 Å². The second kappa shape index (κ2) is 8.61. The highest BCUT2D eigenvalue weighted by Crippen LogP contribution is 2.15. The first kappa shape index (κ1) is 19.1. The van der Waals surface area contributed by atoms with E-state index in [0.29, 0.717) is 0 Å². The predicted octanol–water partition coefficient (Wildman–Crippen LogP) is 2.95. The molecule has 2 heterocycles. The smallest absolute Gasteiger partial charge is 0.194 e. The zero-order valence-electron chi connectivity index (χ0n) is 13.4. The molecule has 2 aromatic heterocycles. The van der Waals surface area contributed by atoms with Gasteiger partial charge in [0.25, 0.3) is 0 Å². The molecule has 0 aliphatic heterocycles. The number of guanidine groups is 1. The van der Waals surface area contributed by atoms with Crippen molar-refractivity contribution in [2.45, 2.75) is 13.1 Å². The second-order valence-corrected chi connectivity index (χ2v) is 6.12. The van der Waals surface area contributed by atoms with Crippen LogP contribution in [0.3, 0.4) is 0 Å². The highest BCUT2D eigenvalue weighted by atomic mass is 127. The fraction of sp³-hybridized carbons (Fsp3) is 0.400. The van der Waals surface area contributed by atoms with Gasteiger partial charge >= 0.3 is 0 Å². The molecule has 2 rings (SSSR count). The minimum atomic E-state index is 0. The number of nitrogens with one attached hydrogen (secondary N) is 1. The third kappa shape index (κ3) is 5.05. The number of rotatable bonds is 4. The first-order valence-corrected chi connectivity index (χ1v) is 7.62. The summed E-state index contributed by atoms with van der Waals surface area (Å²) in [6.07, 6.45) is 6.21. The molecule has 1 N–H and O–H groups in total. The molecular weight excluding hydrogens is 457 g/mol. The van der Waals surface area contributed by atoms with Crippen LogP contribution in [0.25, 0.3) is 0 Å². The molecule has 7 heteroatoms. The van der Waals surface area contributed by atoms with Crippen molar-refractivity contribution < 1.29 is 0 Å². The maximum absolute atomic E-state index is 4.35. The van der Waals surface area contributed by atoms with Crippen molar-refractivity contribution in [2.24, 2.45) is 19.1 Å². The Labute approximate surface area is 157 Å². The Balaban J connectivity index is 0.00000242. The minimum Gasteiger partial charge on any atom is -0.357 e. The van der Waals surface area contributed by atoms with Crippen LogP contribution in [0.15, 0.2) is 40.2 Å². The van der Waals surface area contributed by atoms with E-state index < -0.39 is 0 Å². The van der Waals surface area contributed by atoms with Gasteiger partial charge in [0.15, 0.2) is 5.96 Å². The van der Waals surface area contributed by atoms with E-state index in [1.54, 1.807) is 0 Å². The van der Waals surface area contributed by atoms with Crippen LogP contribution < -0.4 is 5.32 Å². The molecule has 0 aliphatic carbocycles. The zero-order chi connectivity index (χ0) is 15.4. The number of hydrogen-bond donors (Lipinski definition) is 1. The van der Waals surface area contributed by atoms with Gasteiger partial charge in [-0.3, -0.25) is 4.99 Å². The van der Waals surface area contributed by atoms with E-state index in [-0.39, 0.29) is 24.0 Å². The third-order valence-corrected chi connectivity index (χ3v) is 3.82. The number of halogens is 2. The van der Waals surface area contributed by atoms with Crippen LogP contribution in [0.4, 0.5) is 0 Å². The van der Waals surface area contributed by atoms with Gasteiger partial charge in [-0.25, -0.2) is 0 Å². The van der Waals surface area contributed by atoms with Gasteiger partial charge < -0.3 is 19.4 Å². The molecular formula is C15H23BrIN5. The van der Waals surface area contributed by atoms with Crippen molar-refractivity contribution >= 4 is 45.9 Å². The lowest BCUT2D eigenvalue weighted by Gasteiger charge is -2.22. The topological polar surface area (TPSA) is 37.5 Å². The fourth-order valence-corrected chi connectivity index (χ4v) is 2.84. The Bertz CT molecular complexity index is 632. The van der Waals surface area contributed by atoms with Gasteiger partial charge in [-0.2, -0.15) is 0 Å². The zero-order valence-corrected chi connectivity index (χ0v) is 17.3. The van der Waals surface area contributed by atoms with Gasteiger partial charge in [-0.15, -0.1) is 24.0 Å². The van der Waals surface area contributed by atoms with Gasteiger partial charge in [0.05, 0.1) is 6.54 Å². The SMILES string of the molecule is CN=C(NCc1ccn(C)c1)N(C)Cc1cc(Br)cn1C.I. The lowest BCUT2D eigenvalue weighted by atomic mass is 10.3. The Kier molecular flexibility index (Phi) is 7.47. The van der Waals surface area contributed by atoms with Crippen LogP contribution in [-0.2, 0) is 27.2 Å². The van der Waals surface area contributed by atoms with E-state index in [0.717, 1.165) is 23.5 Å². The highest BCUT2D eigenvalue weighted by molar-refractivity contribution is 14.0. The van der Waals surface area contributed by atoms with Crippen LogP contribution in [0.1, 0.15) is 11.3 Å². The molecule has 0 aromatic carbocycles. The number of aryl methyl sites for hydroxylation is 2. The number of hydrogen-bond acceptors (Lipinski definition) is 1. The average Bonchev–Trinajstić information content (AvgIpc) is 2.96. The molecule has 0 aliphatic rings. The fourth-order valence-electron chi connectivity index (χ4n) is 2.27. The Morgan fingerprint density at radius 3 is 2.59 bits per heavy atom. The van der Waals surface area contributed by atoms with Gasteiger partial charge in [-0.1, -0.05) is 0 Å². The van der Waals surface area contributed by atoms with Crippen LogP contribution in [-0.4, -0.2) is 34.1 Å². The maximum Gasteiger partial charge on any atom is 0.194 e. The number of aromatic nitrogens is 2. The number of aliphatic imine (C=N–C) groups is 1. The minimum absolute atomic E-state index is 0. The second-order valence-electron chi connectivity index (χ2n) is 5.20. The van der Waals surface area contributed by atoms with Gasteiger partial charge in [-0.05, 0) is 33.6 Å². The normalized spacial score (nSPS) is 11.2. The van der Waals surface area contributed by atoms with Crippen LogP contribution in [0.5, 0.6) is 0 Å². The monoisotopic (exact) mass is 479 g/mol. The van der Waals surface area contributed by atoms with Crippen LogP contribution in [0, 0.1) is 0 Å². The highest BCUT2D eigenvalue weighted by Gasteiger charge is 2.09. The molecule has 0 saturated heterocycles. The summed E-state index contributed by atoms with van der Waals surface area (Å²) in [4.78, 5) is 6.46. The first-order valence-electron chi connectivity index (χ1n) is 6.83. The summed E-state index contributed by atoms with van der Waals surface area (Å²) < 4.78 is 5.26. The summed E-state index contributed by atoms with van der Waals surface area (Å²) >= 11 is 3.50. The largest absolute Gasteiger partial charge is 0.357 e. The van der Waals surface area contributed by atoms with Gasteiger partial charge in [0, 0.05) is 63.5 Å². The predicted molar refractivity (Wildman–Crippen MR) is 106 cm³/mol. The molecule has 0 spiro atoms. The summed E-state index contributed by atoms with van der Waals surface area (Å²) in [5.41, 5.74) is 2.47. The van der Waals surface area contributed by atoms with E-state index in [9.17, 15) is 0 Å². The molecule has 122 valence electrons. The molecule has 2 aromatic rings. The molecule has 5 nitrogen and oxygen atoms in total. The molecule has 0 atom stereocenters. The maximum atomic E-state index is 4.35. The molecule has 0 amide bonds. The quantitative estimate of drug-likeness (QED) is 0.416. The van der Waals surface area contributed by atoms with Crippen LogP contribution >= 0.6 is 39.9 Å². The Morgan fingerprint density at radius 1 is 1.36 bits per heavy atom. The van der Waals surface area contributed by atoms with Crippen molar-refractivity contribution in [1.29, 1.82) is 0 Å². The lowest BCUT2D eigenvalue weighted by molar-refractivity contribution is 0.461. The van der Waals surface area contributed by atoms with E-state index >= 15 is 0 Å². The van der Waals surface area contributed by atoms with E-state index in [1.165, 1.54) is 11.3 Å². The van der Waals surface area contributed by atoms with Gasteiger partial charge in [0.1, 0.15) is 0 Å². The molecule has 0 bridgehead atoms. The molecule has 0 radical (unpaired) electrons. The van der Waals surface area contributed by atoms with E-state index in [4.69, 9.17) is 0 Å². The average molecular weight is 480 g/mol.